The van der Waals surface area contributed by atoms with Gasteiger partial charge in [-0.1, -0.05) is 6.07 Å². The van der Waals surface area contributed by atoms with Gasteiger partial charge in [-0.25, -0.2) is 9.97 Å². The molecule has 0 atom stereocenters. The van der Waals surface area contributed by atoms with Crippen molar-refractivity contribution in [2.75, 3.05) is 30.0 Å². The first-order chi connectivity index (χ1) is 16.0. The Bertz CT molecular complexity index is 1370. The highest BCUT2D eigenvalue weighted by Gasteiger charge is 2.30. The number of carbonyl (C=O) groups excluding carboxylic acids is 1. The number of aromatic hydroxyl groups is 1. The summed E-state index contributed by atoms with van der Waals surface area (Å²) in [6.45, 7) is 2.95. The zero-order valence-electron chi connectivity index (χ0n) is 18.3. The van der Waals surface area contributed by atoms with Crippen molar-refractivity contribution >= 4 is 34.0 Å². The van der Waals surface area contributed by atoms with E-state index in [1.54, 1.807) is 42.5 Å². The Hall–Kier alpha value is -4.27. The van der Waals surface area contributed by atoms with Crippen LogP contribution in [0.1, 0.15) is 22.8 Å². The lowest BCUT2D eigenvalue weighted by Gasteiger charge is -2.22. The van der Waals surface area contributed by atoms with Crippen molar-refractivity contribution in [3.05, 3.63) is 66.1 Å². The molecule has 1 aliphatic heterocycles. The Morgan fingerprint density at radius 1 is 1.09 bits per heavy atom. The van der Waals surface area contributed by atoms with Crippen molar-refractivity contribution in [3.63, 3.8) is 0 Å². The Kier molecular flexibility index (Phi) is 5.01. The third-order valence-electron chi connectivity index (χ3n) is 5.84. The highest BCUT2D eigenvalue weighted by atomic mass is 16.5. The van der Waals surface area contributed by atoms with Crippen LogP contribution in [0.2, 0.25) is 0 Å². The van der Waals surface area contributed by atoms with E-state index in [1.807, 2.05) is 30.0 Å². The van der Waals surface area contributed by atoms with E-state index in [0.717, 1.165) is 11.3 Å². The van der Waals surface area contributed by atoms with Crippen LogP contribution in [-0.4, -0.2) is 51.1 Å². The van der Waals surface area contributed by atoms with Crippen LogP contribution in [0.4, 0.5) is 17.3 Å². The van der Waals surface area contributed by atoms with Gasteiger partial charge in [0.2, 0.25) is 5.88 Å². The van der Waals surface area contributed by atoms with E-state index in [2.05, 4.69) is 9.97 Å². The average molecular weight is 445 g/mol. The van der Waals surface area contributed by atoms with Crippen LogP contribution in [0.3, 0.4) is 0 Å². The van der Waals surface area contributed by atoms with Crippen molar-refractivity contribution in [2.45, 2.75) is 13.3 Å². The van der Waals surface area contributed by atoms with E-state index in [9.17, 15) is 15.1 Å². The molecule has 0 saturated carbocycles. The van der Waals surface area contributed by atoms with Crippen LogP contribution in [-0.2, 0) is 6.42 Å². The van der Waals surface area contributed by atoms with Crippen molar-refractivity contribution < 1.29 is 19.8 Å². The fourth-order valence-corrected chi connectivity index (χ4v) is 4.14. The van der Waals surface area contributed by atoms with Gasteiger partial charge in [0.15, 0.2) is 5.82 Å². The number of anilines is 3. The van der Waals surface area contributed by atoms with E-state index >= 15 is 0 Å². The predicted octanol–water partition coefficient (Wildman–Crippen LogP) is 3.74. The molecule has 4 aromatic rings. The van der Waals surface area contributed by atoms with Crippen LogP contribution in [0.15, 0.2) is 55.0 Å². The second-order valence-corrected chi connectivity index (χ2v) is 7.78. The van der Waals surface area contributed by atoms with Gasteiger partial charge in [0.25, 0.3) is 5.91 Å². The van der Waals surface area contributed by atoms with Gasteiger partial charge in [0.05, 0.1) is 29.4 Å². The zero-order chi connectivity index (χ0) is 23.1. The molecule has 0 spiro atoms. The van der Waals surface area contributed by atoms with Crippen molar-refractivity contribution in [1.29, 1.82) is 0 Å². The monoisotopic (exact) mass is 445 g/mol. The molecule has 1 aromatic carbocycles. The summed E-state index contributed by atoms with van der Waals surface area (Å²) in [5, 5.41) is 20.8. The number of hydrogen-bond acceptors (Lipinski definition) is 7. The molecule has 4 heterocycles. The van der Waals surface area contributed by atoms with Crippen LogP contribution in [0.25, 0.3) is 10.8 Å². The zero-order valence-corrected chi connectivity index (χ0v) is 18.3. The number of fused-ring (bicyclic) bond motifs is 3. The summed E-state index contributed by atoms with van der Waals surface area (Å²) in [5.41, 5.74) is 2.11. The number of rotatable bonds is 5. The topological polar surface area (TPSA) is 104 Å². The minimum Gasteiger partial charge on any atom is -0.493 e. The number of carbonyl (C=O) groups is 1. The number of nitrogens with zero attached hydrogens (tertiary/aromatic N) is 5. The molecule has 5 rings (SSSR count). The SMILES string of the molecule is CCN1c2ncc(CCOc3cccc4c(O)n(O)cc34)cc2C(=O)N(C)c2cccnc21. The van der Waals surface area contributed by atoms with Gasteiger partial charge < -0.3 is 24.9 Å². The van der Waals surface area contributed by atoms with Crippen LogP contribution >= 0.6 is 0 Å². The van der Waals surface area contributed by atoms with Gasteiger partial charge in [-0.05, 0) is 42.8 Å². The van der Waals surface area contributed by atoms with E-state index in [1.165, 1.54) is 6.20 Å². The summed E-state index contributed by atoms with van der Waals surface area (Å²) in [6, 6.07) is 10.8. The second-order valence-electron chi connectivity index (χ2n) is 7.78. The van der Waals surface area contributed by atoms with Gasteiger partial charge in [-0.2, -0.15) is 4.73 Å². The molecule has 168 valence electrons. The average Bonchev–Trinajstić information content (AvgIpc) is 3.09. The first-order valence-electron chi connectivity index (χ1n) is 10.6. The summed E-state index contributed by atoms with van der Waals surface area (Å²) in [6.07, 6.45) is 5.39. The molecule has 1 aliphatic rings. The largest absolute Gasteiger partial charge is 0.493 e. The number of amides is 1. The molecule has 9 heteroatoms. The van der Waals surface area contributed by atoms with Crippen molar-refractivity contribution in [3.8, 4) is 11.6 Å². The Balaban J connectivity index is 1.40. The number of ether oxygens (including phenoxy) is 1. The first-order valence-corrected chi connectivity index (χ1v) is 10.6. The summed E-state index contributed by atoms with van der Waals surface area (Å²) < 4.78 is 6.59. The third-order valence-corrected chi connectivity index (χ3v) is 5.84. The quantitative estimate of drug-likeness (QED) is 0.451. The fraction of sp³-hybridized carbons (Fsp3) is 0.208. The molecule has 0 unspecified atom stereocenters. The molecule has 0 aliphatic carbocycles. The molecule has 0 bridgehead atoms. The van der Waals surface area contributed by atoms with Crippen LogP contribution in [0, 0.1) is 0 Å². The number of aromatic nitrogens is 3. The van der Waals surface area contributed by atoms with Crippen molar-refractivity contribution in [2.24, 2.45) is 0 Å². The molecular weight excluding hydrogens is 422 g/mol. The normalized spacial score (nSPS) is 13.1. The number of hydrogen-bond donors (Lipinski definition) is 2. The van der Waals surface area contributed by atoms with Gasteiger partial charge in [-0.3, -0.25) is 4.79 Å². The van der Waals surface area contributed by atoms with Gasteiger partial charge in [0, 0.05) is 37.8 Å². The minimum absolute atomic E-state index is 0.144. The highest BCUT2D eigenvalue weighted by Crippen LogP contribution is 2.37. The molecular formula is C24H23N5O4. The molecule has 9 nitrogen and oxygen atoms in total. The lowest BCUT2D eigenvalue weighted by atomic mass is 10.1. The maximum absolute atomic E-state index is 13.2. The van der Waals surface area contributed by atoms with Crippen LogP contribution < -0.4 is 14.5 Å². The Morgan fingerprint density at radius 3 is 2.76 bits per heavy atom. The maximum Gasteiger partial charge on any atom is 0.261 e. The molecule has 3 aromatic heterocycles. The number of pyridine rings is 2. The van der Waals surface area contributed by atoms with Crippen molar-refractivity contribution in [1.82, 2.24) is 14.7 Å². The second kappa shape index (κ2) is 8.01. The van der Waals surface area contributed by atoms with E-state index in [4.69, 9.17) is 4.74 Å². The molecule has 0 fully saturated rings. The van der Waals surface area contributed by atoms with E-state index in [-0.39, 0.29) is 11.8 Å². The van der Waals surface area contributed by atoms with Gasteiger partial charge >= 0.3 is 0 Å². The standard InChI is InChI=1S/C24H23N5O4/c1-3-28-21-17(23(30)27(2)19-7-5-10-25-22(19)28)12-15(13-26-21)9-11-33-20-8-4-6-16-18(20)14-29(32)24(16)31/h4-8,10,12-14,31-32H,3,9,11H2,1-2H3. The Labute approximate surface area is 190 Å². The molecule has 0 saturated heterocycles. The summed E-state index contributed by atoms with van der Waals surface area (Å²) in [7, 11) is 1.74. The third kappa shape index (κ3) is 3.38. The smallest absolute Gasteiger partial charge is 0.261 e. The number of benzene rings is 1. The Morgan fingerprint density at radius 2 is 1.94 bits per heavy atom. The van der Waals surface area contributed by atoms with E-state index in [0.29, 0.717) is 58.0 Å². The molecule has 1 amide bonds. The fourth-order valence-electron chi connectivity index (χ4n) is 4.14. The van der Waals surface area contributed by atoms with Crippen LogP contribution in [0.5, 0.6) is 11.6 Å². The van der Waals surface area contributed by atoms with Gasteiger partial charge in [-0.15, -0.1) is 0 Å². The molecule has 33 heavy (non-hydrogen) atoms. The summed E-state index contributed by atoms with van der Waals surface area (Å²) in [5.74, 6) is 1.46. The lowest BCUT2D eigenvalue weighted by Crippen LogP contribution is -2.25. The predicted molar refractivity (Wildman–Crippen MR) is 124 cm³/mol. The van der Waals surface area contributed by atoms with Gasteiger partial charge in [0.1, 0.15) is 11.6 Å². The molecule has 0 radical (unpaired) electrons. The highest BCUT2D eigenvalue weighted by molar-refractivity contribution is 6.12. The summed E-state index contributed by atoms with van der Waals surface area (Å²) >= 11 is 0. The maximum atomic E-state index is 13.2. The summed E-state index contributed by atoms with van der Waals surface area (Å²) in [4.78, 5) is 25.9. The van der Waals surface area contributed by atoms with E-state index < -0.39 is 0 Å². The minimum atomic E-state index is -0.232. The first kappa shape index (κ1) is 20.6. The lowest BCUT2D eigenvalue weighted by molar-refractivity contribution is 0.0994. The molecule has 2 N–H and O–H groups in total.